The average molecular weight is 864 g/mol. The van der Waals surface area contributed by atoms with Crippen LogP contribution in [0.15, 0.2) is 29.2 Å². The minimum absolute atomic E-state index is 0.0422. The Hall–Kier alpha value is -5.01. The van der Waals surface area contributed by atoms with Gasteiger partial charge < -0.3 is 58.0 Å². The lowest BCUT2D eigenvalue weighted by Crippen LogP contribution is -2.69. The van der Waals surface area contributed by atoms with Crippen molar-refractivity contribution < 1.29 is 89.3 Å². The van der Waals surface area contributed by atoms with Crippen molar-refractivity contribution in [1.82, 2.24) is 10.6 Å². The van der Waals surface area contributed by atoms with Crippen molar-refractivity contribution in [2.24, 2.45) is 5.14 Å². The topological polar surface area (TPSA) is 296 Å². The van der Waals surface area contributed by atoms with Gasteiger partial charge in [0.1, 0.15) is 31.5 Å². The number of carbonyl (C=O) groups is 7. The van der Waals surface area contributed by atoms with E-state index in [1.165, 1.54) is 24.3 Å². The third-order valence-corrected chi connectivity index (χ3v) is 9.10. The number of rotatable bonds is 15. The minimum atomic E-state index is -3.94. The van der Waals surface area contributed by atoms with E-state index in [0.29, 0.717) is 5.56 Å². The first-order chi connectivity index (χ1) is 27.0. The summed E-state index contributed by atoms with van der Waals surface area (Å²) in [5.41, 5.74) is 0.571. The van der Waals surface area contributed by atoms with Crippen LogP contribution in [0.25, 0.3) is 0 Å². The van der Waals surface area contributed by atoms with Gasteiger partial charge in [0, 0.05) is 55.0 Å². The molecule has 0 aliphatic carbocycles. The van der Waals surface area contributed by atoms with Crippen LogP contribution in [-0.2, 0) is 97.5 Å². The lowest BCUT2D eigenvalue weighted by Gasteiger charge is -2.49. The highest BCUT2D eigenvalue weighted by atomic mass is 32.2. The van der Waals surface area contributed by atoms with E-state index in [1.807, 2.05) is 0 Å². The van der Waals surface area contributed by atoms with Crippen molar-refractivity contribution >= 4 is 69.1 Å². The van der Waals surface area contributed by atoms with Crippen molar-refractivity contribution in [3.63, 3.8) is 0 Å². The Balaban J connectivity index is 2.07. The zero-order valence-electron chi connectivity index (χ0n) is 32.4. The molecule has 1 aromatic rings. The van der Waals surface area contributed by atoms with E-state index in [-0.39, 0.29) is 16.6 Å². The largest absolute Gasteiger partial charge is 0.463 e. The number of nitrogens with two attached hydrogens (primary N) is 1. The van der Waals surface area contributed by atoms with E-state index >= 15 is 0 Å². The summed E-state index contributed by atoms with van der Waals surface area (Å²) in [6, 6.07) is 5.54. The number of hydrogen-bond acceptors (Lipinski definition) is 20. The number of benzene rings is 1. The molecule has 24 heteroatoms. The first kappa shape index (κ1) is 47.4. The summed E-state index contributed by atoms with van der Waals surface area (Å²) in [6.07, 6.45) is -16.1. The van der Waals surface area contributed by atoms with Gasteiger partial charge >= 0.3 is 41.8 Å². The molecule has 0 radical (unpaired) electrons. The Morgan fingerprint density at radius 1 is 0.621 bits per heavy atom. The molecule has 2 aliphatic heterocycles. The molecular formula is C34H45N3O19S2. The molecule has 2 fully saturated rings. The van der Waals surface area contributed by atoms with Gasteiger partial charge in [-0.25, -0.2) is 13.6 Å². The second kappa shape index (κ2) is 21.1. The fourth-order valence-corrected chi connectivity index (χ4v) is 6.49. The first-order valence-corrected chi connectivity index (χ1v) is 19.3. The normalized spacial score (nSPS) is 26.8. The minimum Gasteiger partial charge on any atom is -0.463 e. The lowest BCUT2D eigenvalue weighted by molar-refractivity contribution is -0.345. The van der Waals surface area contributed by atoms with Gasteiger partial charge in [-0.2, -0.15) is 0 Å². The van der Waals surface area contributed by atoms with Gasteiger partial charge in [0.2, 0.25) is 10.0 Å². The molecule has 322 valence electrons. The third-order valence-electron chi connectivity index (χ3n) is 7.91. The predicted octanol–water partition coefficient (Wildman–Crippen LogP) is -1.08. The second-order valence-corrected chi connectivity index (χ2v) is 14.7. The Kier molecular flexibility index (Phi) is 17.3. The van der Waals surface area contributed by atoms with Crippen LogP contribution in [0.5, 0.6) is 0 Å². The number of esters is 7. The highest BCUT2D eigenvalue weighted by Gasteiger charge is 2.57. The molecular weight excluding hydrogens is 819 g/mol. The van der Waals surface area contributed by atoms with E-state index in [4.69, 9.17) is 64.7 Å². The van der Waals surface area contributed by atoms with Crippen molar-refractivity contribution in [2.75, 3.05) is 13.2 Å². The van der Waals surface area contributed by atoms with Crippen molar-refractivity contribution in [3.8, 4) is 0 Å². The van der Waals surface area contributed by atoms with Gasteiger partial charge in [-0.1, -0.05) is 12.1 Å². The van der Waals surface area contributed by atoms with Gasteiger partial charge in [0.05, 0.1) is 4.90 Å². The van der Waals surface area contributed by atoms with Crippen molar-refractivity contribution in [3.05, 3.63) is 29.8 Å². The van der Waals surface area contributed by atoms with E-state index in [2.05, 4.69) is 10.6 Å². The van der Waals surface area contributed by atoms with E-state index in [9.17, 15) is 42.0 Å². The fraction of sp³-hybridized carbons (Fsp3) is 0.588. The summed E-state index contributed by atoms with van der Waals surface area (Å²) in [6.45, 7) is 6.14. The molecule has 2 aliphatic rings. The van der Waals surface area contributed by atoms with Crippen LogP contribution in [-0.4, -0.2) is 130 Å². The average Bonchev–Trinajstić information content (AvgIpc) is 3.09. The number of carbonyl (C=O) groups excluding carboxylic acids is 7. The first-order valence-electron chi connectivity index (χ1n) is 17.3. The lowest BCUT2D eigenvalue weighted by atomic mass is 9.95. The Labute approximate surface area is 337 Å². The van der Waals surface area contributed by atoms with Crippen LogP contribution >= 0.6 is 12.2 Å². The SMILES string of the molecule is CC(=O)OC[C@H]1O[C@@H](O[C@H]2[C@H](OC(C)=O)[C@@H](OC(C)=O)[C@H](NC(=S)NCc3ccc(S(N)(=O)=O)cc3)O[C@@H]2COC(C)=O)[C@H](OC(C)=O)[C@@H](OC(C)=O)[C@H]1OC(C)=O. The van der Waals surface area contributed by atoms with Crippen molar-refractivity contribution in [1.29, 1.82) is 0 Å². The summed E-state index contributed by atoms with van der Waals surface area (Å²) >= 11 is 5.45. The van der Waals surface area contributed by atoms with E-state index in [1.54, 1.807) is 0 Å². The summed E-state index contributed by atoms with van der Waals surface area (Å²) in [7, 11) is -3.94. The van der Waals surface area contributed by atoms with Gasteiger partial charge in [0.15, 0.2) is 48.2 Å². The number of sulfonamides is 1. The summed E-state index contributed by atoms with van der Waals surface area (Å²) < 4.78 is 79.8. The molecule has 0 spiro atoms. The van der Waals surface area contributed by atoms with Crippen LogP contribution in [0.2, 0.25) is 0 Å². The number of nitrogens with one attached hydrogen (secondary N) is 2. The third kappa shape index (κ3) is 14.4. The van der Waals surface area contributed by atoms with E-state index in [0.717, 1.165) is 48.5 Å². The monoisotopic (exact) mass is 863 g/mol. The summed E-state index contributed by atoms with van der Waals surface area (Å²) in [4.78, 5) is 86.0. The highest BCUT2D eigenvalue weighted by molar-refractivity contribution is 7.89. The number of ether oxygens (including phenoxy) is 10. The predicted molar refractivity (Wildman–Crippen MR) is 194 cm³/mol. The molecule has 3 rings (SSSR count). The highest BCUT2D eigenvalue weighted by Crippen LogP contribution is 2.35. The maximum atomic E-state index is 12.7. The molecule has 1 aromatic carbocycles. The number of thiocarbonyl (C=S) groups is 1. The van der Waals surface area contributed by atoms with Crippen LogP contribution in [0, 0.1) is 0 Å². The van der Waals surface area contributed by atoms with Gasteiger partial charge in [-0.3, -0.25) is 33.6 Å². The van der Waals surface area contributed by atoms with Gasteiger partial charge in [-0.05, 0) is 29.9 Å². The molecule has 4 N–H and O–H groups in total. The van der Waals surface area contributed by atoms with Crippen LogP contribution in [0.4, 0.5) is 0 Å². The van der Waals surface area contributed by atoms with Crippen LogP contribution in [0.1, 0.15) is 54.0 Å². The molecule has 2 saturated heterocycles. The number of hydrogen-bond donors (Lipinski definition) is 3. The number of primary sulfonamides is 1. The zero-order valence-corrected chi connectivity index (χ0v) is 34.0. The van der Waals surface area contributed by atoms with Crippen LogP contribution in [0.3, 0.4) is 0 Å². The smallest absolute Gasteiger partial charge is 0.303 e. The molecule has 0 unspecified atom stereocenters. The van der Waals surface area contributed by atoms with Gasteiger partial charge in [-0.15, -0.1) is 0 Å². The van der Waals surface area contributed by atoms with E-state index < -0.39 is 126 Å². The summed E-state index contributed by atoms with van der Waals surface area (Å²) in [5, 5.41) is 10.7. The maximum Gasteiger partial charge on any atom is 0.303 e. The zero-order chi connectivity index (χ0) is 43.5. The molecule has 0 aromatic heterocycles. The Morgan fingerprint density at radius 2 is 1.05 bits per heavy atom. The fourth-order valence-electron chi connectivity index (χ4n) is 5.79. The Morgan fingerprint density at radius 3 is 1.52 bits per heavy atom. The van der Waals surface area contributed by atoms with Crippen molar-refractivity contribution in [2.45, 2.75) is 121 Å². The second-order valence-electron chi connectivity index (χ2n) is 12.7. The molecule has 0 amide bonds. The molecule has 58 heavy (non-hydrogen) atoms. The molecule has 0 bridgehead atoms. The van der Waals surface area contributed by atoms with Gasteiger partial charge in [0.25, 0.3) is 0 Å². The quantitative estimate of drug-likeness (QED) is 0.107. The van der Waals surface area contributed by atoms with Crippen LogP contribution < -0.4 is 15.8 Å². The summed E-state index contributed by atoms with van der Waals surface area (Å²) in [5.74, 6) is -6.13. The molecule has 22 nitrogen and oxygen atoms in total. The molecule has 10 atom stereocenters. The standard InChI is InChI=1S/C34H45N3O19S2/c1-15(38)47-13-24-27(56-33-31(53-21(7)44)29(51-19(5)42)26(49-17(3)40)25(55-33)14-48-16(2)39)28(50-18(4)41)30(52-20(6)43)32(54-24)37-34(57)36-12-22-8-10-23(11-9-22)58(35,45)46/h8-11,24-33H,12-14H2,1-7H3,(H2,35,45,46)(H2,36,37,57)/t24-,25-,26+,27-,28+,29+,30-,31-,32-,33+/m1/s1. The molecule has 0 saturated carbocycles. The Bertz CT molecular complexity index is 1810. The maximum absolute atomic E-state index is 12.7. The molecule has 2 heterocycles.